The van der Waals surface area contributed by atoms with Crippen LogP contribution in [0.2, 0.25) is 0 Å². The van der Waals surface area contributed by atoms with Crippen LogP contribution in [0.4, 0.5) is 11.4 Å². The first-order valence-corrected chi connectivity index (χ1v) is 7.00. The van der Waals surface area contributed by atoms with Gasteiger partial charge >= 0.3 is 0 Å². The predicted octanol–water partition coefficient (Wildman–Crippen LogP) is 1.07. The SMILES string of the molecule is COCC(=O)Nc1cccc(NC(=O)C2CNCC2C)c1. The van der Waals surface area contributed by atoms with E-state index >= 15 is 0 Å². The van der Waals surface area contributed by atoms with E-state index in [2.05, 4.69) is 22.9 Å². The summed E-state index contributed by atoms with van der Waals surface area (Å²) in [6, 6.07) is 7.09. The summed E-state index contributed by atoms with van der Waals surface area (Å²) in [5.74, 6) is 0.0915. The molecule has 6 heteroatoms. The smallest absolute Gasteiger partial charge is 0.250 e. The number of hydrogen-bond donors (Lipinski definition) is 3. The molecular weight excluding hydrogens is 270 g/mol. The summed E-state index contributed by atoms with van der Waals surface area (Å²) in [4.78, 5) is 23.7. The minimum atomic E-state index is -0.227. The van der Waals surface area contributed by atoms with Crippen molar-refractivity contribution in [3.05, 3.63) is 24.3 Å². The lowest BCUT2D eigenvalue weighted by atomic mass is 9.97. The first kappa shape index (κ1) is 15.5. The Labute approximate surface area is 124 Å². The number of ether oxygens (including phenoxy) is 1. The summed E-state index contributed by atoms with van der Waals surface area (Å²) in [6.45, 7) is 3.63. The van der Waals surface area contributed by atoms with E-state index in [1.54, 1.807) is 24.3 Å². The minimum Gasteiger partial charge on any atom is -0.375 e. The zero-order valence-corrected chi connectivity index (χ0v) is 12.3. The molecule has 2 amide bonds. The molecule has 1 aliphatic rings. The number of rotatable bonds is 5. The summed E-state index contributed by atoms with van der Waals surface area (Å²) in [6.07, 6.45) is 0. The highest BCUT2D eigenvalue weighted by atomic mass is 16.5. The lowest BCUT2D eigenvalue weighted by molar-refractivity contribution is -0.120. The molecule has 0 aliphatic carbocycles. The molecule has 1 aromatic rings. The molecule has 21 heavy (non-hydrogen) atoms. The van der Waals surface area contributed by atoms with Crippen LogP contribution in [0.15, 0.2) is 24.3 Å². The van der Waals surface area contributed by atoms with Gasteiger partial charge in [0, 0.05) is 25.0 Å². The second kappa shape index (κ2) is 7.19. The number of carbonyl (C=O) groups is 2. The van der Waals surface area contributed by atoms with Crippen LogP contribution in [0.1, 0.15) is 6.92 Å². The van der Waals surface area contributed by atoms with Crippen molar-refractivity contribution in [3.63, 3.8) is 0 Å². The lowest BCUT2D eigenvalue weighted by Gasteiger charge is -2.15. The maximum Gasteiger partial charge on any atom is 0.250 e. The molecule has 0 saturated carbocycles. The summed E-state index contributed by atoms with van der Waals surface area (Å²) in [7, 11) is 1.47. The number of hydrogen-bond acceptors (Lipinski definition) is 4. The molecule has 2 rings (SSSR count). The topological polar surface area (TPSA) is 79.5 Å². The van der Waals surface area contributed by atoms with Gasteiger partial charge < -0.3 is 20.7 Å². The van der Waals surface area contributed by atoms with E-state index in [0.29, 0.717) is 23.8 Å². The number of amides is 2. The third-order valence-electron chi connectivity index (χ3n) is 3.54. The van der Waals surface area contributed by atoms with Gasteiger partial charge in [-0.15, -0.1) is 0 Å². The highest BCUT2D eigenvalue weighted by Gasteiger charge is 2.29. The number of benzene rings is 1. The van der Waals surface area contributed by atoms with E-state index in [4.69, 9.17) is 4.74 Å². The predicted molar refractivity (Wildman–Crippen MR) is 81.1 cm³/mol. The molecule has 1 fully saturated rings. The standard InChI is InChI=1S/C15H21N3O3/c1-10-7-16-8-13(10)15(20)18-12-5-3-4-11(6-12)17-14(19)9-21-2/h3-6,10,13,16H,7-9H2,1-2H3,(H,17,19)(H,18,20). The Morgan fingerprint density at radius 1 is 1.29 bits per heavy atom. The molecule has 114 valence electrons. The van der Waals surface area contributed by atoms with Crippen molar-refractivity contribution in [1.29, 1.82) is 0 Å². The van der Waals surface area contributed by atoms with Crippen molar-refractivity contribution in [2.45, 2.75) is 6.92 Å². The van der Waals surface area contributed by atoms with Crippen LogP contribution in [0.5, 0.6) is 0 Å². The molecule has 0 aromatic heterocycles. The van der Waals surface area contributed by atoms with Gasteiger partial charge in [0.15, 0.2) is 0 Å². The highest BCUT2D eigenvalue weighted by Crippen LogP contribution is 2.20. The van der Waals surface area contributed by atoms with Gasteiger partial charge in [-0.2, -0.15) is 0 Å². The monoisotopic (exact) mass is 291 g/mol. The first-order chi connectivity index (χ1) is 10.1. The van der Waals surface area contributed by atoms with Crippen LogP contribution >= 0.6 is 0 Å². The quantitative estimate of drug-likeness (QED) is 0.758. The first-order valence-electron chi connectivity index (χ1n) is 7.00. The second-order valence-corrected chi connectivity index (χ2v) is 5.29. The minimum absolute atomic E-state index is 0.00183. The van der Waals surface area contributed by atoms with Crippen molar-refractivity contribution in [3.8, 4) is 0 Å². The van der Waals surface area contributed by atoms with E-state index in [-0.39, 0.29) is 24.3 Å². The van der Waals surface area contributed by atoms with Gasteiger partial charge in [0.2, 0.25) is 11.8 Å². The average molecular weight is 291 g/mol. The van der Waals surface area contributed by atoms with Gasteiger partial charge in [0.1, 0.15) is 6.61 Å². The maximum absolute atomic E-state index is 12.2. The van der Waals surface area contributed by atoms with Crippen LogP contribution in [0, 0.1) is 11.8 Å². The fourth-order valence-electron chi connectivity index (χ4n) is 2.40. The van der Waals surface area contributed by atoms with Gasteiger partial charge in [0.05, 0.1) is 5.92 Å². The number of nitrogens with one attached hydrogen (secondary N) is 3. The van der Waals surface area contributed by atoms with Gasteiger partial charge in [-0.05, 0) is 30.7 Å². The molecule has 0 radical (unpaired) electrons. The average Bonchev–Trinajstić information content (AvgIpc) is 2.85. The molecule has 1 saturated heterocycles. The molecule has 0 bridgehead atoms. The largest absolute Gasteiger partial charge is 0.375 e. The van der Waals surface area contributed by atoms with Crippen molar-refractivity contribution < 1.29 is 14.3 Å². The third-order valence-corrected chi connectivity index (χ3v) is 3.54. The van der Waals surface area contributed by atoms with Gasteiger partial charge in [-0.3, -0.25) is 9.59 Å². The Kier molecular flexibility index (Phi) is 5.30. The maximum atomic E-state index is 12.2. The van der Waals surface area contributed by atoms with Crippen LogP contribution in [-0.4, -0.2) is 38.6 Å². The lowest BCUT2D eigenvalue weighted by Crippen LogP contribution is -2.27. The van der Waals surface area contributed by atoms with Crippen LogP contribution in [0.3, 0.4) is 0 Å². The Hall–Kier alpha value is -1.92. The number of anilines is 2. The Balaban J connectivity index is 1.97. The normalized spacial score (nSPS) is 21.0. The van der Waals surface area contributed by atoms with Crippen molar-refractivity contribution >= 4 is 23.2 Å². The zero-order valence-electron chi connectivity index (χ0n) is 12.3. The third kappa shape index (κ3) is 4.27. The number of methoxy groups -OCH3 is 1. The molecule has 1 aliphatic heterocycles. The second-order valence-electron chi connectivity index (χ2n) is 5.29. The van der Waals surface area contributed by atoms with Crippen molar-refractivity contribution in [2.24, 2.45) is 11.8 Å². The molecular formula is C15H21N3O3. The molecule has 2 unspecified atom stereocenters. The molecule has 3 N–H and O–H groups in total. The van der Waals surface area contributed by atoms with Crippen LogP contribution in [-0.2, 0) is 14.3 Å². The van der Waals surface area contributed by atoms with Crippen LogP contribution in [0.25, 0.3) is 0 Å². The van der Waals surface area contributed by atoms with Crippen molar-refractivity contribution in [2.75, 3.05) is 37.4 Å². The Bertz CT molecular complexity index is 519. The molecule has 0 spiro atoms. The molecule has 6 nitrogen and oxygen atoms in total. The fourth-order valence-corrected chi connectivity index (χ4v) is 2.40. The van der Waals surface area contributed by atoms with E-state index < -0.39 is 0 Å². The van der Waals surface area contributed by atoms with Crippen molar-refractivity contribution in [1.82, 2.24) is 5.32 Å². The number of carbonyl (C=O) groups excluding carboxylic acids is 2. The van der Waals surface area contributed by atoms with Crippen LogP contribution < -0.4 is 16.0 Å². The molecule has 1 aromatic carbocycles. The summed E-state index contributed by atoms with van der Waals surface area (Å²) in [5.41, 5.74) is 1.31. The van der Waals surface area contributed by atoms with E-state index in [0.717, 1.165) is 6.54 Å². The summed E-state index contributed by atoms with van der Waals surface area (Å²) in [5, 5.41) is 8.81. The Morgan fingerprint density at radius 2 is 2.00 bits per heavy atom. The van der Waals surface area contributed by atoms with E-state index in [9.17, 15) is 9.59 Å². The van der Waals surface area contributed by atoms with E-state index in [1.807, 2.05) is 0 Å². The van der Waals surface area contributed by atoms with Gasteiger partial charge in [-0.25, -0.2) is 0 Å². The summed E-state index contributed by atoms with van der Waals surface area (Å²) >= 11 is 0. The van der Waals surface area contributed by atoms with Gasteiger partial charge in [-0.1, -0.05) is 13.0 Å². The van der Waals surface area contributed by atoms with Gasteiger partial charge in [0.25, 0.3) is 0 Å². The molecule has 1 heterocycles. The Morgan fingerprint density at radius 3 is 2.62 bits per heavy atom. The summed E-state index contributed by atoms with van der Waals surface area (Å²) < 4.78 is 4.76. The van der Waals surface area contributed by atoms with E-state index in [1.165, 1.54) is 7.11 Å². The zero-order chi connectivity index (χ0) is 15.2. The highest BCUT2D eigenvalue weighted by molar-refractivity contribution is 5.95. The molecule has 2 atom stereocenters. The fraction of sp³-hybridized carbons (Fsp3) is 0.467.